The molecule has 0 saturated heterocycles. The van der Waals surface area contributed by atoms with Crippen LogP contribution in [0.4, 0.5) is 0 Å². The van der Waals surface area contributed by atoms with Gasteiger partial charge in [-0.25, -0.2) is 4.57 Å². The van der Waals surface area contributed by atoms with Gasteiger partial charge in [0, 0.05) is 36.7 Å². The van der Waals surface area contributed by atoms with Crippen LogP contribution in [0.25, 0.3) is 48.3 Å². The third-order valence-corrected chi connectivity index (χ3v) is 12.9. The Balaban J connectivity index is 1.70. The van der Waals surface area contributed by atoms with Gasteiger partial charge in [0.25, 0.3) is 5.82 Å². The van der Waals surface area contributed by atoms with Gasteiger partial charge in [-0.3, -0.25) is 0 Å². The molecule has 238 valence electrons. The first kappa shape index (κ1) is 31.2. The largest absolute Gasteiger partial charge is 0.295 e. The number of thiophene rings is 1. The first-order chi connectivity index (χ1) is 22.1. The van der Waals surface area contributed by atoms with Crippen molar-refractivity contribution in [3.63, 3.8) is 0 Å². The Kier molecular flexibility index (Phi) is 7.71. The summed E-state index contributed by atoms with van der Waals surface area (Å²) in [6.45, 7) is 21.7. The lowest BCUT2D eigenvalue weighted by Crippen LogP contribution is -2.67. The number of unbranched alkanes of at least 4 members (excludes halogenated alkanes) is 1. The van der Waals surface area contributed by atoms with E-state index in [0.717, 1.165) is 19.3 Å². The minimum absolute atomic E-state index is 0.00484. The van der Waals surface area contributed by atoms with Crippen LogP contribution in [0.1, 0.15) is 122 Å². The van der Waals surface area contributed by atoms with Gasteiger partial charge in [-0.05, 0) is 92.0 Å². The zero-order chi connectivity index (χ0) is 32.5. The van der Waals surface area contributed by atoms with Gasteiger partial charge in [0.05, 0.1) is 5.56 Å². The van der Waals surface area contributed by atoms with Crippen LogP contribution < -0.4 is 4.57 Å². The number of imidazole rings is 1. The number of nitrogens with zero attached hydrogens (tertiary/aromatic N) is 2. The lowest BCUT2D eigenvalue weighted by atomic mass is 9.61. The Morgan fingerprint density at radius 3 is 2.24 bits per heavy atom. The average molecular weight is 628 g/mol. The second kappa shape index (κ2) is 11.4. The molecule has 0 fully saturated rings. The highest BCUT2D eigenvalue weighted by Gasteiger charge is 2.56. The average Bonchev–Trinajstić information content (AvgIpc) is 3.61. The molecule has 0 amide bonds. The normalized spacial score (nSPS) is 19.5. The number of benzene rings is 4. The van der Waals surface area contributed by atoms with Crippen LogP contribution in [0.2, 0.25) is 0 Å². The van der Waals surface area contributed by atoms with Crippen molar-refractivity contribution in [3.8, 4) is 17.1 Å². The van der Waals surface area contributed by atoms with Crippen molar-refractivity contribution in [2.24, 2.45) is 0 Å². The van der Waals surface area contributed by atoms with Crippen LogP contribution >= 0.6 is 11.3 Å². The van der Waals surface area contributed by atoms with E-state index in [-0.39, 0.29) is 11.0 Å². The van der Waals surface area contributed by atoms with E-state index < -0.39 is 0 Å². The van der Waals surface area contributed by atoms with Gasteiger partial charge >= 0.3 is 0 Å². The highest BCUT2D eigenvalue weighted by Crippen LogP contribution is 2.53. The summed E-state index contributed by atoms with van der Waals surface area (Å²) >= 11 is 1.98. The van der Waals surface area contributed by atoms with Crippen LogP contribution in [0.15, 0.2) is 72.8 Å². The fourth-order valence-corrected chi connectivity index (χ4v) is 9.92. The van der Waals surface area contributed by atoms with Crippen LogP contribution in [-0.2, 0) is 17.4 Å². The number of rotatable bonds is 8. The lowest BCUT2D eigenvalue weighted by molar-refractivity contribution is -0.743. The molecular weight excluding hydrogens is 577 g/mol. The van der Waals surface area contributed by atoms with Crippen molar-refractivity contribution in [1.82, 2.24) is 4.57 Å². The zero-order valence-electron chi connectivity index (χ0n) is 29.4. The van der Waals surface area contributed by atoms with E-state index in [2.05, 4.69) is 144 Å². The van der Waals surface area contributed by atoms with Gasteiger partial charge in [0.1, 0.15) is 11.2 Å². The highest BCUT2D eigenvalue weighted by atomic mass is 32.1. The molecule has 0 N–H and O–H groups in total. The second-order valence-corrected chi connectivity index (χ2v) is 15.9. The molecule has 2 aromatic heterocycles. The summed E-state index contributed by atoms with van der Waals surface area (Å²) in [7, 11) is 0. The third kappa shape index (κ3) is 4.23. The smallest absolute Gasteiger partial charge is 0.216 e. The first-order valence-electron chi connectivity index (χ1n) is 17.8. The fourth-order valence-electron chi connectivity index (χ4n) is 8.77. The number of aryl methyl sites for hydroxylation is 1. The number of hydrogen-bond donors (Lipinski definition) is 0. The molecule has 1 aliphatic rings. The van der Waals surface area contributed by atoms with E-state index in [4.69, 9.17) is 0 Å². The predicted octanol–water partition coefficient (Wildman–Crippen LogP) is 12.3. The highest BCUT2D eigenvalue weighted by molar-refractivity contribution is 7.25. The summed E-state index contributed by atoms with van der Waals surface area (Å²) in [5.74, 6) is 2.06. The molecule has 2 unspecified atom stereocenters. The zero-order valence-corrected chi connectivity index (χ0v) is 30.2. The van der Waals surface area contributed by atoms with E-state index in [1.54, 1.807) is 0 Å². The number of aromatic nitrogens is 2. The van der Waals surface area contributed by atoms with Crippen LogP contribution in [-0.4, -0.2) is 4.57 Å². The van der Waals surface area contributed by atoms with Crippen molar-refractivity contribution >= 4 is 42.5 Å². The summed E-state index contributed by atoms with van der Waals surface area (Å²) in [5.41, 5.74) is 11.2. The Morgan fingerprint density at radius 2 is 1.54 bits per heavy atom. The van der Waals surface area contributed by atoms with Crippen LogP contribution in [0, 0.1) is 0 Å². The Bertz CT molecular complexity index is 2110. The van der Waals surface area contributed by atoms with E-state index in [0.29, 0.717) is 11.8 Å². The molecule has 0 aliphatic carbocycles. The quantitative estimate of drug-likeness (QED) is 0.148. The minimum Gasteiger partial charge on any atom is -0.216 e. The topological polar surface area (TPSA) is 8.81 Å². The van der Waals surface area contributed by atoms with Crippen molar-refractivity contribution in [2.45, 2.75) is 117 Å². The van der Waals surface area contributed by atoms with Crippen LogP contribution in [0.5, 0.6) is 0 Å². The number of fused-ring (bicyclic) bond motifs is 8. The van der Waals surface area contributed by atoms with Crippen LogP contribution in [0.3, 0.4) is 0 Å². The standard InChI is InChI=1S/C43H51N2S/c1-10-13-18-29-23-24-36-32(25-29)39-37(46-36)26-31(27(4)5)40(38(39)28(6)7)44-34-21-16-17-22-35(34)45-41(44)30-19-14-15-20-33(30)42(8,11-2)43(45,9)12-3/h14-17,19-28H,10-13,18H2,1-9H3/q+1. The maximum atomic E-state index is 2.75. The molecule has 0 bridgehead atoms. The molecule has 7 rings (SSSR count). The van der Waals surface area contributed by atoms with E-state index in [1.807, 2.05) is 11.3 Å². The second-order valence-electron chi connectivity index (χ2n) is 14.8. The van der Waals surface area contributed by atoms with Crippen molar-refractivity contribution in [3.05, 3.63) is 95.1 Å². The summed E-state index contributed by atoms with van der Waals surface area (Å²) in [6.07, 6.45) is 5.74. The molecule has 3 heteroatoms. The molecule has 2 atom stereocenters. The Hall–Kier alpha value is -3.43. The summed E-state index contributed by atoms with van der Waals surface area (Å²) < 4.78 is 8.28. The monoisotopic (exact) mass is 627 g/mol. The van der Waals surface area contributed by atoms with Gasteiger partial charge in [-0.1, -0.05) is 98.2 Å². The fraction of sp³-hybridized carbons (Fsp3) is 0.419. The summed E-state index contributed by atoms with van der Waals surface area (Å²) in [5, 5.41) is 2.90. The molecule has 6 aromatic rings. The molecule has 46 heavy (non-hydrogen) atoms. The molecule has 4 aromatic carbocycles. The minimum atomic E-state index is -0.0976. The van der Waals surface area contributed by atoms with E-state index in [9.17, 15) is 0 Å². The van der Waals surface area contributed by atoms with Gasteiger partial charge in [-0.15, -0.1) is 11.3 Å². The SMILES string of the molecule is CCCCc1ccc2sc3cc(C(C)C)c(-n4c5[n+](c6ccccc64)C(C)(CC)C(C)(CC)c4ccccc4-5)c(C(C)C)c3c2c1. The molecule has 0 saturated carbocycles. The molecule has 1 aliphatic heterocycles. The molecule has 2 nitrogen and oxygen atoms in total. The molecule has 0 spiro atoms. The maximum absolute atomic E-state index is 2.75. The molecule has 0 radical (unpaired) electrons. The van der Waals surface area contributed by atoms with Gasteiger partial charge in [0.15, 0.2) is 11.0 Å². The first-order valence-corrected chi connectivity index (χ1v) is 18.6. The maximum Gasteiger partial charge on any atom is 0.295 e. The molecule has 3 heterocycles. The Morgan fingerprint density at radius 1 is 0.804 bits per heavy atom. The van der Waals surface area contributed by atoms with Gasteiger partial charge in [0.2, 0.25) is 0 Å². The van der Waals surface area contributed by atoms with Crippen molar-refractivity contribution in [2.75, 3.05) is 0 Å². The van der Waals surface area contributed by atoms with Gasteiger partial charge in [-0.2, -0.15) is 4.57 Å². The van der Waals surface area contributed by atoms with Crippen molar-refractivity contribution in [1.29, 1.82) is 0 Å². The van der Waals surface area contributed by atoms with E-state index >= 15 is 0 Å². The Labute approximate surface area is 280 Å². The predicted molar refractivity (Wildman–Crippen MR) is 200 cm³/mol. The lowest BCUT2D eigenvalue weighted by Gasteiger charge is -2.48. The van der Waals surface area contributed by atoms with Crippen molar-refractivity contribution < 1.29 is 4.57 Å². The number of para-hydroxylation sites is 2. The van der Waals surface area contributed by atoms with E-state index in [1.165, 1.54) is 83.4 Å². The van der Waals surface area contributed by atoms with Gasteiger partial charge < -0.3 is 0 Å². The summed E-state index contributed by atoms with van der Waals surface area (Å²) in [4.78, 5) is 0. The number of hydrogen-bond acceptors (Lipinski definition) is 1. The molecular formula is C43H51N2S+. The third-order valence-electron chi connectivity index (χ3n) is 11.7. The summed E-state index contributed by atoms with van der Waals surface area (Å²) in [6, 6.07) is 28.3.